The van der Waals surface area contributed by atoms with Gasteiger partial charge in [0.05, 0.1) is 19.3 Å². The molecule has 0 unspecified atom stereocenters. The van der Waals surface area contributed by atoms with E-state index >= 15 is 0 Å². The van der Waals surface area contributed by atoms with Crippen molar-refractivity contribution in [1.29, 1.82) is 0 Å². The average molecular weight is 184 g/mol. The van der Waals surface area contributed by atoms with Crippen molar-refractivity contribution < 1.29 is 14.3 Å². The molecule has 0 saturated carbocycles. The van der Waals surface area contributed by atoms with Gasteiger partial charge in [-0.3, -0.25) is 4.79 Å². The lowest BCUT2D eigenvalue weighted by Gasteiger charge is -2.13. The molecule has 1 atom stereocenters. The molecule has 0 heterocycles. The molecule has 0 fully saturated rings. The van der Waals surface area contributed by atoms with Gasteiger partial charge in [-0.05, 0) is 6.92 Å². The molecule has 0 aromatic carbocycles. The van der Waals surface area contributed by atoms with Crippen LogP contribution < -0.4 is 0 Å². The van der Waals surface area contributed by atoms with E-state index in [2.05, 4.69) is 13.2 Å². The standard InChI is InChI=1S/C10H16O3/c1-4-7-9(12-5-2)8-10(11)13-6-3/h4-5,9H,1-2,6-8H2,3H3/t9-/m1/s1. The van der Waals surface area contributed by atoms with Crippen molar-refractivity contribution in [1.82, 2.24) is 0 Å². The van der Waals surface area contributed by atoms with Crippen molar-refractivity contribution >= 4 is 5.97 Å². The summed E-state index contributed by atoms with van der Waals surface area (Å²) in [6, 6.07) is 0. The van der Waals surface area contributed by atoms with Crippen LogP contribution >= 0.6 is 0 Å². The first kappa shape index (κ1) is 11.8. The topological polar surface area (TPSA) is 35.5 Å². The fourth-order valence-corrected chi connectivity index (χ4v) is 0.915. The molecule has 3 heteroatoms. The second-order valence-corrected chi connectivity index (χ2v) is 2.46. The Kier molecular flexibility index (Phi) is 6.69. The Labute approximate surface area is 79.0 Å². The first-order valence-electron chi connectivity index (χ1n) is 4.27. The zero-order valence-electron chi connectivity index (χ0n) is 7.99. The molecule has 0 radical (unpaired) electrons. The molecular formula is C10H16O3. The summed E-state index contributed by atoms with van der Waals surface area (Å²) in [5, 5.41) is 0. The van der Waals surface area contributed by atoms with Gasteiger partial charge in [-0.25, -0.2) is 0 Å². The summed E-state index contributed by atoms with van der Waals surface area (Å²) in [7, 11) is 0. The van der Waals surface area contributed by atoms with Crippen LogP contribution in [-0.2, 0) is 14.3 Å². The molecule has 0 N–H and O–H groups in total. The fraction of sp³-hybridized carbons (Fsp3) is 0.500. The smallest absolute Gasteiger partial charge is 0.309 e. The summed E-state index contributed by atoms with van der Waals surface area (Å²) >= 11 is 0. The molecule has 0 bridgehead atoms. The molecular weight excluding hydrogens is 168 g/mol. The van der Waals surface area contributed by atoms with Crippen molar-refractivity contribution in [2.45, 2.75) is 25.9 Å². The number of hydrogen-bond donors (Lipinski definition) is 0. The van der Waals surface area contributed by atoms with Crippen molar-refractivity contribution in [3.8, 4) is 0 Å². The first-order valence-corrected chi connectivity index (χ1v) is 4.27. The molecule has 74 valence electrons. The van der Waals surface area contributed by atoms with Crippen LogP contribution in [-0.4, -0.2) is 18.7 Å². The summed E-state index contributed by atoms with van der Waals surface area (Å²) in [6.45, 7) is 9.17. The monoisotopic (exact) mass is 184 g/mol. The molecule has 0 aromatic rings. The van der Waals surface area contributed by atoms with Crippen molar-refractivity contribution in [2.75, 3.05) is 6.61 Å². The van der Waals surface area contributed by atoms with Gasteiger partial charge >= 0.3 is 5.97 Å². The maximum absolute atomic E-state index is 11.0. The van der Waals surface area contributed by atoms with E-state index in [0.29, 0.717) is 13.0 Å². The van der Waals surface area contributed by atoms with E-state index in [1.165, 1.54) is 6.26 Å². The average Bonchev–Trinajstić information content (AvgIpc) is 2.05. The highest BCUT2D eigenvalue weighted by Gasteiger charge is 2.12. The van der Waals surface area contributed by atoms with Gasteiger partial charge in [0.15, 0.2) is 0 Å². The maximum atomic E-state index is 11.0. The molecule has 0 aliphatic rings. The van der Waals surface area contributed by atoms with Crippen LogP contribution in [0.3, 0.4) is 0 Å². The van der Waals surface area contributed by atoms with Crippen LogP contribution in [0.25, 0.3) is 0 Å². The maximum Gasteiger partial charge on any atom is 0.309 e. The highest BCUT2D eigenvalue weighted by Crippen LogP contribution is 2.06. The number of carbonyl (C=O) groups excluding carboxylic acids is 1. The third kappa shape index (κ3) is 5.96. The van der Waals surface area contributed by atoms with E-state index in [-0.39, 0.29) is 18.5 Å². The minimum atomic E-state index is -0.254. The van der Waals surface area contributed by atoms with E-state index in [4.69, 9.17) is 9.47 Å². The molecule has 0 saturated heterocycles. The summed E-state index contributed by atoms with van der Waals surface area (Å²) in [4.78, 5) is 11.0. The molecule has 0 rings (SSSR count). The Hall–Kier alpha value is -1.25. The molecule has 0 aliphatic carbocycles. The van der Waals surface area contributed by atoms with E-state index in [1.807, 2.05) is 0 Å². The highest BCUT2D eigenvalue weighted by molar-refractivity contribution is 5.69. The van der Waals surface area contributed by atoms with Crippen LogP contribution in [0.1, 0.15) is 19.8 Å². The van der Waals surface area contributed by atoms with Crippen LogP contribution in [0.2, 0.25) is 0 Å². The minimum Gasteiger partial charge on any atom is -0.498 e. The summed E-state index contributed by atoms with van der Waals surface area (Å²) < 4.78 is 9.87. The third-order valence-corrected chi connectivity index (χ3v) is 1.42. The van der Waals surface area contributed by atoms with Gasteiger partial charge in [0.25, 0.3) is 0 Å². The predicted molar refractivity (Wildman–Crippen MR) is 51.1 cm³/mol. The molecule has 3 nitrogen and oxygen atoms in total. The Balaban J connectivity index is 3.84. The van der Waals surface area contributed by atoms with Crippen LogP contribution in [0.5, 0.6) is 0 Å². The second kappa shape index (κ2) is 7.40. The highest BCUT2D eigenvalue weighted by atomic mass is 16.5. The molecule has 0 amide bonds. The lowest BCUT2D eigenvalue weighted by molar-refractivity contribution is -0.145. The second-order valence-electron chi connectivity index (χ2n) is 2.46. The van der Waals surface area contributed by atoms with Gasteiger partial charge in [-0.15, -0.1) is 6.58 Å². The SMILES string of the molecule is C=CC[C@H](CC(=O)OCC)OC=C. The first-order chi connectivity index (χ1) is 6.24. The number of rotatable bonds is 7. The molecule has 0 spiro atoms. The molecule has 13 heavy (non-hydrogen) atoms. The summed E-state index contributed by atoms with van der Waals surface area (Å²) in [5.74, 6) is -0.254. The largest absolute Gasteiger partial charge is 0.498 e. The lowest BCUT2D eigenvalue weighted by Crippen LogP contribution is -2.16. The van der Waals surface area contributed by atoms with Gasteiger partial charge in [0.2, 0.25) is 0 Å². The van der Waals surface area contributed by atoms with Crippen LogP contribution in [0.4, 0.5) is 0 Å². The van der Waals surface area contributed by atoms with Crippen LogP contribution in [0.15, 0.2) is 25.5 Å². The quantitative estimate of drug-likeness (QED) is 0.345. The van der Waals surface area contributed by atoms with E-state index in [9.17, 15) is 4.79 Å². The van der Waals surface area contributed by atoms with Crippen molar-refractivity contribution in [3.63, 3.8) is 0 Å². The minimum absolute atomic E-state index is 0.200. The third-order valence-electron chi connectivity index (χ3n) is 1.42. The normalized spacial score (nSPS) is 11.5. The van der Waals surface area contributed by atoms with Gasteiger partial charge < -0.3 is 9.47 Å². The Bertz CT molecular complexity index is 165. The molecule has 0 aromatic heterocycles. The number of esters is 1. The number of hydrogen-bond acceptors (Lipinski definition) is 3. The Morgan fingerprint density at radius 1 is 1.54 bits per heavy atom. The summed E-state index contributed by atoms with van der Waals surface area (Å²) in [5.41, 5.74) is 0. The van der Waals surface area contributed by atoms with E-state index < -0.39 is 0 Å². The zero-order valence-corrected chi connectivity index (χ0v) is 7.99. The number of ether oxygens (including phenoxy) is 2. The predicted octanol–water partition coefficient (Wildman–Crippen LogP) is 2.04. The fourth-order valence-electron chi connectivity index (χ4n) is 0.915. The molecule has 0 aliphatic heterocycles. The number of carbonyl (C=O) groups is 1. The zero-order chi connectivity index (χ0) is 10.1. The van der Waals surface area contributed by atoms with E-state index in [0.717, 1.165) is 0 Å². The van der Waals surface area contributed by atoms with Crippen LogP contribution in [0, 0.1) is 0 Å². The van der Waals surface area contributed by atoms with Gasteiger partial charge in [0.1, 0.15) is 6.10 Å². The van der Waals surface area contributed by atoms with Gasteiger partial charge in [-0.1, -0.05) is 12.7 Å². The van der Waals surface area contributed by atoms with Gasteiger partial charge in [0, 0.05) is 6.42 Å². The Morgan fingerprint density at radius 2 is 2.23 bits per heavy atom. The van der Waals surface area contributed by atoms with Crippen molar-refractivity contribution in [3.05, 3.63) is 25.5 Å². The lowest BCUT2D eigenvalue weighted by atomic mass is 10.2. The van der Waals surface area contributed by atoms with E-state index in [1.54, 1.807) is 13.0 Å². The van der Waals surface area contributed by atoms with Gasteiger partial charge in [-0.2, -0.15) is 0 Å². The Morgan fingerprint density at radius 3 is 2.69 bits per heavy atom. The van der Waals surface area contributed by atoms with Crippen molar-refractivity contribution in [2.24, 2.45) is 0 Å². The summed E-state index contributed by atoms with van der Waals surface area (Å²) in [6.07, 6.45) is 3.69.